The second-order valence-corrected chi connectivity index (χ2v) is 2.34. The van der Waals surface area contributed by atoms with E-state index >= 15 is 0 Å². The summed E-state index contributed by atoms with van der Waals surface area (Å²) in [6.45, 7) is 0. The largest absolute Gasteiger partial charge is 0.363 e. The van der Waals surface area contributed by atoms with Crippen LogP contribution < -0.4 is 0 Å². The molecule has 1 aromatic rings. The molecule has 0 saturated heterocycles. The first-order chi connectivity index (χ1) is 5.70. The molecule has 1 radical (unpaired) electrons. The standard InChI is InChI=1S/C9H7O3/c10-8(6-9(11)12)7-4-2-1-3-5-7/h1-5H,6H2. The van der Waals surface area contributed by atoms with Gasteiger partial charge in [-0.1, -0.05) is 30.3 Å². The van der Waals surface area contributed by atoms with Crippen LogP contribution in [0.1, 0.15) is 16.8 Å². The number of carbonyl (C=O) groups excluding carboxylic acids is 2. The van der Waals surface area contributed by atoms with Crippen LogP contribution in [0.25, 0.3) is 0 Å². The zero-order valence-electron chi connectivity index (χ0n) is 6.32. The van der Waals surface area contributed by atoms with Gasteiger partial charge in [-0.3, -0.25) is 4.79 Å². The number of rotatable bonds is 3. The molecule has 0 N–H and O–H groups in total. The van der Waals surface area contributed by atoms with E-state index in [0.717, 1.165) is 0 Å². The lowest BCUT2D eigenvalue weighted by Gasteiger charge is -1.94. The first-order valence-corrected chi connectivity index (χ1v) is 3.48. The Morgan fingerprint density at radius 2 is 1.67 bits per heavy atom. The van der Waals surface area contributed by atoms with Gasteiger partial charge in [0.2, 0.25) is 0 Å². The number of carbonyl (C=O) groups is 2. The van der Waals surface area contributed by atoms with E-state index in [1.54, 1.807) is 30.3 Å². The number of benzene rings is 1. The highest BCUT2D eigenvalue weighted by atomic mass is 16.4. The average molecular weight is 163 g/mol. The van der Waals surface area contributed by atoms with Gasteiger partial charge in [-0.25, -0.2) is 9.90 Å². The molecule has 12 heavy (non-hydrogen) atoms. The fourth-order valence-electron chi connectivity index (χ4n) is 0.857. The summed E-state index contributed by atoms with van der Waals surface area (Å²) in [5.74, 6) is -1.76. The van der Waals surface area contributed by atoms with Gasteiger partial charge in [-0.05, 0) is 0 Å². The minimum absolute atomic E-state index is 0.404. The van der Waals surface area contributed by atoms with E-state index in [-0.39, 0.29) is 0 Å². The highest BCUT2D eigenvalue weighted by Gasteiger charge is 2.10. The quantitative estimate of drug-likeness (QED) is 0.496. The molecule has 0 heterocycles. The Balaban J connectivity index is 2.73. The molecule has 0 unspecified atom stereocenters. The number of ketones is 1. The van der Waals surface area contributed by atoms with Crippen LogP contribution in [-0.2, 0) is 9.90 Å². The second-order valence-electron chi connectivity index (χ2n) is 2.34. The Kier molecular flexibility index (Phi) is 2.58. The monoisotopic (exact) mass is 163 g/mol. The fourth-order valence-corrected chi connectivity index (χ4v) is 0.857. The maximum absolute atomic E-state index is 11.0. The topological polar surface area (TPSA) is 54.0 Å². The molecule has 0 fully saturated rings. The highest BCUT2D eigenvalue weighted by molar-refractivity contribution is 6.05. The second kappa shape index (κ2) is 3.67. The van der Waals surface area contributed by atoms with Crippen LogP contribution in [0, 0.1) is 0 Å². The van der Waals surface area contributed by atoms with Crippen molar-refractivity contribution in [2.24, 2.45) is 0 Å². The zero-order chi connectivity index (χ0) is 8.97. The Hall–Kier alpha value is -1.64. The molecule has 0 aliphatic carbocycles. The van der Waals surface area contributed by atoms with Gasteiger partial charge in [0.25, 0.3) is 0 Å². The van der Waals surface area contributed by atoms with E-state index in [4.69, 9.17) is 0 Å². The van der Waals surface area contributed by atoms with Crippen LogP contribution in [0.3, 0.4) is 0 Å². The van der Waals surface area contributed by atoms with Gasteiger partial charge in [-0.2, -0.15) is 0 Å². The van der Waals surface area contributed by atoms with Gasteiger partial charge >= 0.3 is 5.97 Å². The van der Waals surface area contributed by atoms with Crippen molar-refractivity contribution < 1.29 is 14.7 Å². The minimum Gasteiger partial charge on any atom is -0.294 e. The average Bonchev–Trinajstić information content (AvgIpc) is 2.05. The predicted molar refractivity (Wildman–Crippen MR) is 41.1 cm³/mol. The summed E-state index contributed by atoms with van der Waals surface area (Å²) in [5.41, 5.74) is 0.404. The summed E-state index contributed by atoms with van der Waals surface area (Å²) in [5, 5.41) is 10.1. The maximum atomic E-state index is 11.0. The van der Waals surface area contributed by atoms with Crippen molar-refractivity contribution in [3.8, 4) is 0 Å². The molecule has 0 saturated carbocycles. The Morgan fingerprint density at radius 3 is 2.17 bits per heavy atom. The van der Waals surface area contributed by atoms with Crippen LogP contribution in [0.4, 0.5) is 0 Å². The molecule has 0 aromatic heterocycles. The van der Waals surface area contributed by atoms with Crippen molar-refractivity contribution in [2.45, 2.75) is 6.42 Å². The summed E-state index contributed by atoms with van der Waals surface area (Å²) >= 11 is 0. The summed E-state index contributed by atoms with van der Waals surface area (Å²) in [6.07, 6.45) is -0.552. The van der Waals surface area contributed by atoms with E-state index in [9.17, 15) is 14.7 Å². The molecular weight excluding hydrogens is 156 g/mol. The van der Waals surface area contributed by atoms with E-state index in [1.807, 2.05) is 0 Å². The Labute approximate surface area is 69.6 Å². The minimum atomic E-state index is -1.34. The molecule has 0 aliphatic heterocycles. The van der Waals surface area contributed by atoms with Crippen molar-refractivity contribution in [1.29, 1.82) is 0 Å². The van der Waals surface area contributed by atoms with Gasteiger partial charge in [0, 0.05) is 5.56 Å². The highest BCUT2D eigenvalue weighted by Crippen LogP contribution is 2.02. The van der Waals surface area contributed by atoms with E-state index in [1.165, 1.54) is 0 Å². The van der Waals surface area contributed by atoms with E-state index in [2.05, 4.69) is 0 Å². The molecule has 61 valence electrons. The van der Waals surface area contributed by atoms with Crippen molar-refractivity contribution in [3.05, 3.63) is 35.9 Å². The molecule has 0 aliphatic rings. The third kappa shape index (κ3) is 2.20. The molecule has 3 nitrogen and oxygen atoms in total. The van der Waals surface area contributed by atoms with E-state index in [0.29, 0.717) is 5.56 Å². The normalized spacial score (nSPS) is 9.33. The van der Waals surface area contributed by atoms with Gasteiger partial charge < -0.3 is 0 Å². The van der Waals surface area contributed by atoms with Gasteiger partial charge in [0.1, 0.15) is 6.42 Å². The summed E-state index contributed by atoms with van der Waals surface area (Å²) < 4.78 is 0. The van der Waals surface area contributed by atoms with Gasteiger partial charge in [0.15, 0.2) is 5.78 Å². The number of Topliss-reactive ketones (excluding diaryl/α,β-unsaturated/α-hetero) is 1. The van der Waals surface area contributed by atoms with Crippen LogP contribution in [-0.4, -0.2) is 11.8 Å². The molecule has 0 spiro atoms. The lowest BCUT2D eigenvalue weighted by molar-refractivity contribution is -0.141. The molecule has 0 atom stereocenters. The number of hydrogen-bond acceptors (Lipinski definition) is 2. The summed E-state index contributed by atoms with van der Waals surface area (Å²) in [7, 11) is 0. The third-order valence-corrected chi connectivity index (χ3v) is 1.40. The van der Waals surface area contributed by atoms with Crippen LogP contribution in [0.15, 0.2) is 30.3 Å². The van der Waals surface area contributed by atoms with Crippen molar-refractivity contribution in [1.82, 2.24) is 0 Å². The van der Waals surface area contributed by atoms with Crippen LogP contribution >= 0.6 is 0 Å². The van der Waals surface area contributed by atoms with E-state index < -0.39 is 18.2 Å². The lowest BCUT2D eigenvalue weighted by Crippen LogP contribution is -2.05. The van der Waals surface area contributed by atoms with Crippen LogP contribution in [0.2, 0.25) is 0 Å². The van der Waals surface area contributed by atoms with Crippen LogP contribution in [0.5, 0.6) is 0 Å². The zero-order valence-corrected chi connectivity index (χ0v) is 6.32. The first-order valence-electron chi connectivity index (χ1n) is 3.48. The summed E-state index contributed by atoms with van der Waals surface area (Å²) in [4.78, 5) is 21.1. The van der Waals surface area contributed by atoms with Gasteiger partial charge in [0.05, 0.1) is 0 Å². The lowest BCUT2D eigenvalue weighted by atomic mass is 10.1. The molecule has 1 aromatic carbocycles. The van der Waals surface area contributed by atoms with Crippen molar-refractivity contribution in [2.75, 3.05) is 0 Å². The Bertz CT molecular complexity index is 290. The molecule has 1 rings (SSSR count). The predicted octanol–water partition coefficient (Wildman–Crippen LogP) is 1.22. The first kappa shape index (κ1) is 8.46. The number of hydrogen-bond donors (Lipinski definition) is 0. The maximum Gasteiger partial charge on any atom is 0.363 e. The third-order valence-electron chi connectivity index (χ3n) is 1.40. The summed E-state index contributed by atoms with van der Waals surface area (Å²) in [6, 6.07) is 8.28. The molecule has 0 amide bonds. The fraction of sp³-hybridized carbons (Fsp3) is 0.111. The van der Waals surface area contributed by atoms with Crippen molar-refractivity contribution >= 4 is 11.8 Å². The smallest absolute Gasteiger partial charge is 0.294 e. The SMILES string of the molecule is [O]C(=O)CC(=O)c1ccccc1. The molecular formula is C9H7O3. The molecule has 0 bridgehead atoms. The van der Waals surface area contributed by atoms with Crippen molar-refractivity contribution in [3.63, 3.8) is 0 Å². The van der Waals surface area contributed by atoms with Gasteiger partial charge in [-0.15, -0.1) is 0 Å². The molecule has 3 heteroatoms. The Morgan fingerprint density at radius 1 is 1.08 bits per heavy atom.